The Bertz CT molecular complexity index is 576. The van der Waals surface area contributed by atoms with Crippen LogP contribution in [0.2, 0.25) is 0 Å². The standard InChI is InChI=1S/C16H15NO3/c1-19-16(18)15-9-7-14(8-10-15)12-20-17-11-13-5-3-2-4-6-13/h2-11H,12H2,1H3. The van der Waals surface area contributed by atoms with Crippen molar-refractivity contribution in [2.45, 2.75) is 6.61 Å². The van der Waals surface area contributed by atoms with Gasteiger partial charge in [-0.25, -0.2) is 4.79 Å². The predicted octanol–water partition coefficient (Wildman–Crippen LogP) is 3.02. The van der Waals surface area contributed by atoms with E-state index in [9.17, 15) is 4.79 Å². The fraction of sp³-hybridized carbons (Fsp3) is 0.125. The number of hydrogen-bond acceptors (Lipinski definition) is 4. The number of oxime groups is 1. The van der Waals surface area contributed by atoms with E-state index in [1.807, 2.05) is 42.5 Å². The highest BCUT2D eigenvalue weighted by atomic mass is 16.6. The lowest BCUT2D eigenvalue weighted by molar-refractivity contribution is 0.0600. The van der Waals surface area contributed by atoms with Crippen molar-refractivity contribution in [2.24, 2.45) is 5.16 Å². The molecule has 0 aromatic heterocycles. The quantitative estimate of drug-likeness (QED) is 0.476. The van der Waals surface area contributed by atoms with Gasteiger partial charge in [0.25, 0.3) is 0 Å². The molecule has 4 heteroatoms. The highest BCUT2D eigenvalue weighted by Crippen LogP contribution is 2.07. The molecule has 4 nitrogen and oxygen atoms in total. The third-order valence-electron chi connectivity index (χ3n) is 2.68. The lowest BCUT2D eigenvalue weighted by Gasteiger charge is -2.02. The van der Waals surface area contributed by atoms with Crippen LogP contribution in [0, 0.1) is 0 Å². The van der Waals surface area contributed by atoms with Gasteiger partial charge in [-0.05, 0) is 23.3 Å². The minimum atomic E-state index is -0.348. The van der Waals surface area contributed by atoms with Crippen molar-refractivity contribution in [1.82, 2.24) is 0 Å². The van der Waals surface area contributed by atoms with Crippen molar-refractivity contribution in [3.05, 3.63) is 71.3 Å². The van der Waals surface area contributed by atoms with Gasteiger partial charge >= 0.3 is 5.97 Å². The van der Waals surface area contributed by atoms with Crippen LogP contribution < -0.4 is 0 Å². The second-order valence-corrected chi connectivity index (χ2v) is 4.11. The molecule has 20 heavy (non-hydrogen) atoms. The summed E-state index contributed by atoms with van der Waals surface area (Å²) >= 11 is 0. The van der Waals surface area contributed by atoms with Crippen LogP contribution >= 0.6 is 0 Å². The van der Waals surface area contributed by atoms with Crippen molar-refractivity contribution in [2.75, 3.05) is 7.11 Å². The molecular formula is C16H15NO3. The van der Waals surface area contributed by atoms with E-state index in [1.165, 1.54) is 7.11 Å². The molecule has 102 valence electrons. The molecule has 0 atom stereocenters. The van der Waals surface area contributed by atoms with Crippen LogP contribution in [0.4, 0.5) is 0 Å². The van der Waals surface area contributed by atoms with E-state index in [0.29, 0.717) is 12.2 Å². The molecule has 2 aromatic rings. The maximum atomic E-state index is 11.3. The molecule has 0 fully saturated rings. The van der Waals surface area contributed by atoms with Crippen LogP contribution in [0.5, 0.6) is 0 Å². The largest absolute Gasteiger partial charge is 0.465 e. The Kier molecular flexibility index (Phi) is 4.89. The number of carbonyl (C=O) groups is 1. The number of esters is 1. The molecule has 0 aliphatic rings. The Morgan fingerprint density at radius 1 is 1.10 bits per heavy atom. The number of benzene rings is 2. The van der Waals surface area contributed by atoms with Gasteiger partial charge in [-0.3, -0.25) is 0 Å². The summed E-state index contributed by atoms with van der Waals surface area (Å²) in [5, 5.41) is 3.89. The van der Waals surface area contributed by atoms with Crippen molar-refractivity contribution in [3.8, 4) is 0 Å². The van der Waals surface area contributed by atoms with Crippen molar-refractivity contribution in [3.63, 3.8) is 0 Å². The van der Waals surface area contributed by atoms with E-state index in [1.54, 1.807) is 18.3 Å². The number of ether oxygens (including phenoxy) is 1. The minimum Gasteiger partial charge on any atom is -0.465 e. The second-order valence-electron chi connectivity index (χ2n) is 4.11. The average Bonchev–Trinajstić information content (AvgIpc) is 2.52. The van der Waals surface area contributed by atoms with Gasteiger partial charge in [0, 0.05) is 0 Å². The van der Waals surface area contributed by atoms with Gasteiger partial charge in [0.05, 0.1) is 18.9 Å². The molecule has 0 amide bonds. The SMILES string of the molecule is COC(=O)c1ccc(CON=Cc2ccccc2)cc1. The maximum absolute atomic E-state index is 11.3. The van der Waals surface area contributed by atoms with Crippen LogP contribution in [-0.4, -0.2) is 19.3 Å². The summed E-state index contributed by atoms with van der Waals surface area (Å²) in [4.78, 5) is 16.5. The molecule has 0 saturated heterocycles. The third kappa shape index (κ3) is 3.95. The summed E-state index contributed by atoms with van der Waals surface area (Å²) in [5.41, 5.74) is 2.43. The smallest absolute Gasteiger partial charge is 0.337 e. The van der Waals surface area contributed by atoms with Gasteiger partial charge in [0.15, 0.2) is 0 Å². The van der Waals surface area contributed by atoms with Gasteiger partial charge in [0.1, 0.15) is 6.61 Å². The van der Waals surface area contributed by atoms with Crippen molar-refractivity contribution >= 4 is 12.2 Å². The van der Waals surface area contributed by atoms with E-state index >= 15 is 0 Å². The zero-order chi connectivity index (χ0) is 14.2. The van der Waals surface area contributed by atoms with Gasteiger partial charge in [-0.1, -0.05) is 47.6 Å². The van der Waals surface area contributed by atoms with Crippen LogP contribution in [0.1, 0.15) is 21.5 Å². The van der Waals surface area contributed by atoms with Crippen LogP contribution in [0.3, 0.4) is 0 Å². The molecule has 0 saturated carbocycles. The lowest BCUT2D eigenvalue weighted by Crippen LogP contribution is -2.00. The Labute approximate surface area is 117 Å². The van der Waals surface area contributed by atoms with E-state index in [2.05, 4.69) is 9.89 Å². The third-order valence-corrected chi connectivity index (χ3v) is 2.68. The molecule has 0 aliphatic heterocycles. The van der Waals surface area contributed by atoms with E-state index in [0.717, 1.165) is 11.1 Å². The summed E-state index contributed by atoms with van der Waals surface area (Å²) < 4.78 is 4.63. The monoisotopic (exact) mass is 269 g/mol. The highest BCUT2D eigenvalue weighted by molar-refractivity contribution is 5.89. The number of hydrogen-bond donors (Lipinski definition) is 0. The topological polar surface area (TPSA) is 47.9 Å². The zero-order valence-electron chi connectivity index (χ0n) is 11.2. The maximum Gasteiger partial charge on any atom is 0.337 e. The molecule has 0 heterocycles. The molecule has 2 aromatic carbocycles. The van der Waals surface area contributed by atoms with E-state index < -0.39 is 0 Å². The normalized spacial score (nSPS) is 10.4. The molecule has 0 bridgehead atoms. The van der Waals surface area contributed by atoms with Gasteiger partial charge in [0.2, 0.25) is 0 Å². The van der Waals surface area contributed by atoms with Crippen molar-refractivity contribution in [1.29, 1.82) is 0 Å². The Morgan fingerprint density at radius 2 is 1.80 bits per heavy atom. The van der Waals surface area contributed by atoms with Gasteiger partial charge in [-0.2, -0.15) is 0 Å². The van der Waals surface area contributed by atoms with Crippen LogP contribution in [-0.2, 0) is 16.2 Å². The number of methoxy groups -OCH3 is 1. The first-order valence-corrected chi connectivity index (χ1v) is 6.17. The Hall–Kier alpha value is -2.62. The first kappa shape index (κ1) is 13.8. The summed E-state index contributed by atoms with van der Waals surface area (Å²) in [6.45, 7) is 0.352. The Balaban J connectivity index is 1.85. The fourth-order valence-corrected chi connectivity index (χ4v) is 1.60. The molecule has 0 aliphatic carbocycles. The molecular weight excluding hydrogens is 254 g/mol. The van der Waals surface area contributed by atoms with E-state index in [-0.39, 0.29) is 5.97 Å². The molecule has 2 rings (SSSR count). The minimum absolute atomic E-state index is 0.348. The molecule has 0 N–H and O–H groups in total. The summed E-state index contributed by atoms with van der Waals surface area (Å²) in [6.07, 6.45) is 1.66. The summed E-state index contributed by atoms with van der Waals surface area (Å²) in [5.74, 6) is -0.348. The van der Waals surface area contributed by atoms with Gasteiger partial charge < -0.3 is 9.57 Å². The molecule has 0 spiro atoms. The lowest BCUT2D eigenvalue weighted by atomic mass is 10.1. The van der Waals surface area contributed by atoms with E-state index in [4.69, 9.17) is 4.84 Å². The van der Waals surface area contributed by atoms with Crippen LogP contribution in [0.15, 0.2) is 59.8 Å². The predicted molar refractivity (Wildman–Crippen MR) is 76.6 cm³/mol. The number of carbonyl (C=O) groups excluding carboxylic acids is 1. The summed E-state index contributed by atoms with van der Waals surface area (Å²) in [6, 6.07) is 16.7. The zero-order valence-corrected chi connectivity index (χ0v) is 11.2. The fourth-order valence-electron chi connectivity index (χ4n) is 1.60. The molecule has 0 radical (unpaired) electrons. The van der Waals surface area contributed by atoms with Gasteiger partial charge in [-0.15, -0.1) is 0 Å². The molecule has 0 unspecified atom stereocenters. The van der Waals surface area contributed by atoms with Crippen molar-refractivity contribution < 1.29 is 14.4 Å². The number of rotatable bonds is 5. The Morgan fingerprint density at radius 3 is 2.45 bits per heavy atom. The average molecular weight is 269 g/mol. The van der Waals surface area contributed by atoms with Crippen LogP contribution in [0.25, 0.3) is 0 Å². The second kappa shape index (κ2) is 7.09. The first-order chi connectivity index (χ1) is 9.79. The first-order valence-electron chi connectivity index (χ1n) is 6.17. The highest BCUT2D eigenvalue weighted by Gasteiger charge is 2.03. The summed E-state index contributed by atoms with van der Waals surface area (Å²) in [7, 11) is 1.36. The number of nitrogens with zero attached hydrogens (tertiary/aromatic N) is 1.